The van der Waals surface area contributed by atoms with Crippen LogP contribution in [0.15, 0.2) is 24.3 Å². The molecule has 0 amide bonds. The van der Waals surface area contributed by atoms with E-state index in [0.717, 1.165) is 38.5 Å². The largest absolute Gasteiger partial charge is 0.545 e. The number of carboxylic acid groups (broad SMARTS) is 1. The molecule has 358 valence electrons. The van der Waals surface area contributed by atoms with Gasteiger partial charge in [0, 0.05) is 12.8 Å². The Kier molecular flexibility index (Phi) is 42.8. The minimum atomic E-state index is -1.62. The van der Waals surface area contributed by atoms with Crippen LogP contribution in [-0.2, 0) is 33.3 Å². The molecule has 0 heterocycles. The minimum absolute atomic E-state index is 0.150. The molecule has 0 aliphatic heterocycles. The number of likely N-dealkylation sites (N-methyl/N-ethyl adjacent to an activating group) is 1. The molecule has 0 N–H and O–H groups in total. The fourth-order valence-corrected chi connectivity index (χ4v) is 7.21. The van der Waals surface area contributed by atoms with Crippen LogP contribution in [0.2, 0.25) is 0 Å². The van der Waals surface area contributed by atoms with Gasteiger partial charge in [-0.15, -0.1) is 0 Å². The molecule has 0 rings (SSSR count). The molecule has 2 unspecified atom stereocenters. The third kappa shape index (κ3) is 45.6. The first-order valence-corrected chi connectivity index (χ1v) is 25.5. The summed E-state index contributed by atoms with van der Waals surface area (Å²) in [6.45, 7) is 4.74. The summed E-state index contributed by atoms with van der Waals surface area (Å²) in [6, 6.07) is 0. The molecular formula is C52H97NO8. The van der Waals surface area contributed by atoms with Gasteiger partial charge < -0.3 is 33.3 Å². The van der Waals surface area contributed by atoms with Crippen LogP contribution in [-0.4, -0.2) is 82.3 Å². The van der Waals surface area contributed by atoms with E-state index < -0.39 is 24.3 Å². The maximum atomic E-state index is 12.8. The maximum Gasteiger partial charge on any atom is 0.306 e. The third-order valence-electron chi connectivity index (χ3n) is 11.2. The van der Waals surface area contributed by atoms with E-state index in [-0.39, 0.29) is 32.2 Å². The normalized spacial score (nSPS) is 13.0. The van der Waals surface area contributed by atoms with Crippen LogP contribution < -0.4 is 5.11 Å². The van der Waals surface area contributed by atoms with Crippen molar-refractivity contribution in [1.29, 1.82) is 0 Å². The number of aliphatic carboxylic acids is 1. The number of carboxylic acids is 1. The van der Waals surface area contributed by atoms with Crippen molar-refractivity contribution in [3.63, 3.8) is 0 Å². The highest BCUT2D eigenvalue weighted by atomic mass is 16.7. The molecular weight excluding hydrogens is 767 g/mol. The van der Waals surface area contributed by atoms with Gasteiger partial charge in [-0.25, -0.2) is 0 Å². The van der Waals surface area contributed by atoms with Crippen LogP contribution in [0.5, 0.6) is 0 Å². The molecule has 0 fully saturated rings. The topological polar surface area (TPSA) is 111 Å². The minimum Gasteiger partial charge on any atom is -0.545 e. The van der Waals surface area contributed by atoms with Crippen molar-refractivity contribution in [1.82, 2.24) is 0 Å². The Hall–Kier alpha value is -2.23. The molecule has 0 saturated heterocycles. The first kappa shape index (κ1) is 58.8. The molecule has 0 aromatic rings. The Labute approximate surface area is 376 Å². The number of unbranched alkanes of at least 4 members (excludes halogenated alkanes) is 28. The zero-order valence-electron chi connectivity index (χ0n) is 40.5. The average Bonchev–Trinajstić information content (AvgIpc) is 3.22. The van der Waals surface area contributed by atoms with Crippen LogP contribution in [0.25, 0.3) is 0 Å². The number of quaternary nitrogens is 1. The Bertz CT molecular complexity index is 1050. The molecule has 0 radical (unpaired) electrons. The van der Waals surface area contributed by atoms with Crippen molar-refractivity contribution in [2.75, 3.05) is 47.5 Å². The van der Waals surface area contributed by atoms with E-state index >= 15 is 0 Å². The average molecular weight is 864 g/mol. The lowest BCUT2D eigenvalue weighted by atomic mass is 10.0. The van der Waals surface area contributed by atoms with Crippen LogP contribution >= 0.6 is 0 Å². The fourth-order valence-electron chi connectivity index (χ4n) is 7.21. The summed E-state index contributed by atoms with van der Waals surface area (Å²) < 4.78 is 22.6. The highest BCUT2D eigenvalue weighted by Crippen LogP contribution is 2.16. The molecule has 0 aliphatic carbocycles. The summed E-state index contributed by atoms with van der Waals surface area (Å²) in [6.07, 6.45) is 46.5. The van der Waals surface area contributed by atoms with Crippen molar-refractivity contribution >= 4 is 17.9 Å². The summed E-state index contributed by atoms with van der Waals surface area (Å²) in [5.74, 6) is -2.27. The lowest BCUT2D eigenvalue weighted by Gasteiger charge is -2.26. The van der Waals surface area contributed by atoms with Crippen molar-refractivity contribution in [3.8, 4) is 0 Å². The van der Waals surface area contributed by atoms with E-state index in [1.807, 2.05) is 21.1 Å². The van der Waals surface area contributed by atoms with Gasteiger partial charge in [0.2, 0.25) is 0 Å². The van der Waals surface area contributed by atoms with Gasteiger partial charge in [0.25, 0.3) is 0 Å². The Balaban J connectivity index is 4.22. The van der Waals surface area contributed by atoms with E-state index in [9.17, 15) is 19.5 Å². The number of rotatable bonds is 47. The predicted molar refractivity (Wildman–Crippen MR) is 251 cm³/mol. The van der Waals surface area contributed by atoms with E-state index in [0.29, 0.717) is 23.9 Å². The van der Waals surface area contributed by atoms with Gasteiger partial charge in [-0.2, -0.15) is 0 Å². The zero-order valence-corrected chi connectivity index (χ0v) is 40.5. The van der Waals surface area contributed by atoms with Gasteiger partial charge in [0.15, 0.2) is 12.4 Å². The maximum absolute atomic E-state index is 12.8. The summed E-state index contributed by atoms with van der Waals surface area (Å²) in [4.78, 5) is 37.0. The second-order valence-corrected chi connectivity index (χ2v) is 18.5. The number of ether oxygens (including phenoxy) is 4. The van der Waals surface area contributed by atoms with Crippen LogP contribution in [0.3, 0.4) is 0 Å². The van der Waals surface area contributed by atoms with Gasteiger partial charge in [-0.05, 0) is 44.9 Å². The van der Waals surface area contributed by atoms with Crippen molar-refractivity contribution in [2.24, 2.45) is 0 Å². The molecule has 2 atom stereocenters. The van der Waals surface area contributed by atoms with Gasteiger partial charge >= 0.3 is 11.9 Å². The smallest absolute Gasteiger partial charge is 0.306 e. The summed E-state index contributed by atoms with van der Waals surface area (Å²) >= 11 is 0. The monoisotopic (exact) mass is 864 g/mol. The van der Waals surface area contributed by atoms with Crippen LogP contribution in [0.1, 0.15) is 232 Å². The number of hydrogen-bond donors (Lipinski definition) is 0. The molecule has 9 nitrogen and oxygen atoms in total. The van der Waals surface area contributed by atoms with Gasteiger partial charge in [-0.3, -0.25) is 9.59 Å². The lowest BCUT2D eigenvalue weighted by molar-refractivity contribution is -0.870. The van der Waals surface area contributed by atoms with Crippen LogP contribution in [0.4, 0.5) is 0 Å². The van der Waals surface area contributed by atoms with Crippen LogP contribution in [0, 0.1) is 0 Å². The Morgan fingerprint density at radius 2 is 0.885 bits per heavy atom. The molecule has 9 heteroatoms. The van der Waals surface area contributed by atoms with Crippen molar-refractivity contribution < 1.29 is 42.9 Å². The third-order valence-corrected chi connectivity index (χ3v) is 11.2. The van der Waals surface area contributed by atoms with Crippen molar-refractivity contribution in [2.45, 2.75) is 245 Å². The fraction of sp³-hybridized carbons (Fsp3) is 0.865. The quantitative estimate of drug-likeness (QED) is 0.0195. The number of carbonyl (C=O) groups is 3. The van der Waals surface area contributed by atoms with Gasteiger partial charge in [0.05, 0.1) is 40.3 Å². The van der Waals surface area contributed by atoms with Gasteiger partial charge in [-0.1, -0.05) is 199 Å². The second-order valence-electron chi connectivity index (χ2n) is 18.5. The second kappa shape index (κ2) is 44.4. The van der Waals surface area contributed by atoms with Crippen molar-refractivity contribution in [3.05, 3.63) is 24.3 Å². The number of allylic oxidation sites excluding steroid dienone is 4. The Morgan fingerprint density at radius 1 is 0.492 bits per heavy atom. The van der Waals surface area contributed by atoms with E-state index in [4.69, 9.17) is 18.9 Å². The van der Waals surface area contributed by atoms with E-state index in [1.165, 1.54) is 161 Å². The molecule has 0 saturated carbocycles. The zero-order chi connectivity index (χ0) is 44.9. The molecule has 0 spiro atoms. The standard InChI is InChI=1S/C52H97NO8/c1-6-8-10-12-14-16-18-19-20-21-22-23-24-25-26-27-28-29-30-31-33-35-37-39-41-43-50(55)61-48(47-60-52(51(56)57)58-45-44-53(3,4)5)46-59-49(54)42-40-38-36-34-32-17-15-13-11-9-7-2/h18-19,21-22,48,52H,6-17,20,23-47H2,1-5H3/b19-18-,22-21-. The molecule has 61 heavy (non-hydrogen) atoms. The summed E-state index contributed by atoms with van der Waals surface area (Å²) in [5, 5.41) is 11.7. The summed E-state index contributed by atoms with van der Waals surface area (Å²) in [7, 11) is 5.92. The predicted octanol–water partition coefficient (Wildman–Crippen LogP) is 12.7. The van der Waals surface area contributed by atoms with Gasteiger partial charge in [0.1, 0.15) is 13.2 Å². The number of carbonyl (C=O) groups excluding carboxylic acids is 3. The highest BCUT2D eigenvalue weighted by Gasteiger charge is 2.22. The van der Waals surface area contributed by atoms with E-state index in [1.54, 1.807) is 0 Å². The number of hydrogen-bond acceptors (Lipinski definition) is 8. The lowest BCUT2D eigenvalue weighted by Crippen LogP contribution is -2.44. The number of nitrogens with zero attached hydrogens (tertiary/aromatic N) is 1. The Morgan fingerprint density at radius 3 is 1.30 bits per heavy atom. The number of esters is 2. The molecule has 0 aromatic carbocycles. The molecule has 0 aromatic heterocycles. The first-order chi connectivity index (χ1) is 29.6. The first-order valence-electron chi connectivity index (χ1n) is 25.5. The SMILES string of the molecule is CCCCCCC/C=C\C/C=C\CCCCCCCCCCCCCCCC(=O)OC(COC(=O)CCCCCCCCCCCCC)COC(OCC[N+](C)(C)C)C(=O)[O-]. The van der Waals surface area contributed by atoms with E-state index in [2.05, 4.69) is 38.2 Å². The highest BCUT2D eigenvalue weighted by molar-refractivity contribution is 5.70. The molecule has 0 aliphatic rings. The molecule has 0 bridgehead atoms. The summed E-state index contributed by atoms with van der Waals surface area (Å²) in [5.41, 5.74) is 0.